The molecule has 0 amide bonds. The summed E-state index contributed by atoms with van der Waals surface area (Å²) in [6, 6.07) is 14.7. The maximum Gasteiger partial charge on any atom is 0.222 e. The highest BCUT2D eigenvalue weighted by Gasteiger charge is 2.01. The zero-order chi connectivity index (χ0) is 13.1. The van der Waals surface area contributed by atoms with Crippen LogP contribution in [0.3, 0.4) is 0 Å². The van der Waals surface area contributed by atoms with Gasteiger partial charge in [0.25, 0.3) is 0 Å². The van der Waals surface area contributed by atoms with Gasteiger partial charge in [-0.15, -0.1) is 0 Å². The molecule has 2 aromatic carbocycles. The van der Waals surface area contributed by atoms with E-state index in [4.69, 9.17) is 0 Å². The molecule has 1 aromatic heterocycles. The Balaban J connectivity index is 1.84. The minimum Gasteiger partial charge on any atom is -0.350 e. The molecule has 0 radical (unpaired) electrons. The normalized spacial score (nSPS) is 10.6. The first-order valence-corrected chi connectivity index (χ1v) is 7.09. The van der Waals surface area contributed by atoms with Gasteiger partial charge in [0.1, 0.15) is 0 Å². The van der Waals surface area contributed by atoms with E-state index < -0.39 is 0 Å². The lowest BCUT2D eigenvalue weighted by Gasteiger charge is -2.08. The summed E-state index contributed by atoms with van der Waals surface area (Å²) in [6.07, 6.45) is 3.61. The molecule has 19 heavy (non-hydrogen) atoms. The van der Waals surface area contributed by atoms with Crippen LogP contribution < -0.4 is 5.32 Å². The highest BCUT2D eigenvalue weighted by Crippen LogP contribution is 2.19. The Kier molecular flexibility index (Phi) is 3.59. The summed E-state index contributed by atoms with van der Waals surface area (Å²) in [5.41, 5.74) is 1.25. The third kappa shape index (κ3) is 2.84. The Labute approximate surface area is 125 Å². The van der Waals surface area contributed by atoms with E-state index in [0.717, 1.165) is 10.1 Å². The van der Waals surface area contributed by atoms with Gasteiger partial charge in [-0.3, -0.25) is 0 Å². The Hall–Kier alpha value is -1.69. The second-order valence-corrected chi connectivity index (χ2v) is 5.46. The van der Waals surface area contributed by atoms with Gasteiger partial charge in [0.15, 0.2) is 0 Å². The van der Waals surface area contributed by atoms with Gasteiger partial charge in [-0.2, -0.15) is 0 Å². The lowest BCUT2D eigenvalue weighted by molar-refractivity contribution is 1.05. The molecule has 3 nitrogen and oxygen atoms in total. The van der Waals surface area contributed by atoms with Crippen molar-refractivity contribution < 1.29 is 0 Å². The van der Waals surface area contributed by atoms with E-state index >= 15 is 0 Å². The van der Waals surface area contributed by atoms with E-state index in [0.29, 0.717) is 5.95 Å². The molecule has 0 aliphatic rings. The highest BCUT2D eigenvalue weighted by molar-refractivity contribution is 14.1. The van der Waals surface area contributed by atoms with Crippen molar-refractivity contribution in [2.45, 2.75) is 6.54 Å². The van der Waals surface area contributed by atoms with E-state index in [9.17, 15) is 0 Å². The van der Waals surface area contributed by atoms with E-state index in [1.165, 1.54) is 16.3 Å². The summed E-state index contributed by atoms with van der Waals surface area (Å²) >= 11 is 2.20. The highest BCUT2D eigenvalue weighted by atomic mass is 127. The molecule has 1 heterocycles. The van der Waals surface area contributed by atoms with Crippen molar-refractivity contribution in [1.29, 1.82) is 0 Å². The molecule has 0 spiro atoms. The number of halogens is 1. The largest absolute Gasteiger partial charge is 0.350 e. The van der Waals surface area contributed by atoms with Crippen LogP contribution in [-0.4, -0.2) is 9.97 Å². The minimum absolute atomic E-state index is 0.661. The van der Waals surface area contributed by atoms with Crippen LogP contribution in [0.25, 0.3) is 10.8 Å². The average Bonchev–Trinajstić information content (AvgIpc) is 2.47. The van der Waals surface area contributed by atoms with Crippen molar-refractivity contribution in [2.75, 3.05) is 5.32 Å². The number of rotatable bonds is 3. The summed E-state index contributed by atoms with van der Waals surface area (Å²) < 4.78 is 1.04. The number of fused-ring (bicyclic) bond motifs is 1. The first-order valence-electron chi connectivity index (χ1n) is 6.01. The van der Waals surface area contributed by atoms with Crippen LogP contribution in [0.2, 0.25) is 0 Å². The topological polar surface area (TPSA) is 37.8 Å². The van der Waals surface area contributed by atoms with Crippen molar-refractivity contribution in [3.05, 3.63) is 64.0 Å². The number of hydrogen-bond donors (Lipinski definition) is 1. The van der Waals surface area contributed by atoms with Crippen molar-refractivity contribution >= 4 is 39.3 Å². The second kappa shape index (κ2) is 5.52. The number of nitrogens with zero attached hydrogens (tertiary/aromatic N) is 2. The standard InChI is InChI=1S/C15H12IN3/c16-13-9-18-15(19-10-13)17-8-12-6-3-5-11-4-1-2-7-14(11)12/h1-7,9-10H,8H2,(H,17,18,19). The SMILES string of the molecule is Ic1cnc(NCc2cccc3ccccc23)nc1. The number of aromatic nitrogens is 2. The number of anilines is 1. The first kappa shape index (κ1) is 12.3. The van der Waals surface area contributed by atoms with Crippen LogP contribution >= 0.6 is 22.6 Å². The molecule has 0 saturated heterocycles. The number of benzene rings is 2. The fourth-order valence-corrected chi connectivity index (χ4v) is 2.30. The number of nitrogens with one attached hydrogen (secondary N) is 1. The summed E-state index contributed by atoms with van der Waals surface area (Å²) in [5.74, 6) is 0.661. The van der Waals surface area contributed by atoms with Gasteiger partial charge in [0, 0.05) is 22.5 Å². The molecule has 3 aromatic rings. The molecule has 1 N–H and O–H groups in total. The maximum absolute atomic E-state index is 4.24. The molecular weight excluding hydrogens is 349 g/mol. The summed E-state index contributed by atoms with van der Waals surface area (Å²) in [5, 5.41) is 5.78. The third-order valence-electron chi connectivity index (χ3n) is 2.94. The average molecular weight is 361 g/mol. The van der Waals surface area contributed by atoms with E-state index in [2.05, 4.69) is 80.3 Å². The minimum atomic E-state index is 0.661. The summed E-state index contributed by atoms with van der Waals surface area (Å²) in [4.78, 5) is 8.49. The van der Waals surface area contributed by atoms with Gasteiger partial charge in [-0.1, -0.05) is 42.5 Å². The predicted octanol–water partition coefficient (Wildman–Crippen LogP) is 3.85. The lowest BCUT2D eigenvalue weighted by Crippen LogP contribution is -2.03. The molecule has 0 bridgehead atoms. The van der Waals surface area contributed by atoms with E-state index in [1.54, 1.807) is 12.4 Å². The van der Waals surface area contributed by atoms with Gasteiger partial charge in [-0.25, -0.2) is 9.97 Å². The predicted molar refractivity (Wildman–Crippen MR) is 86.0 cm³/mol. The zero-order valence-corrected chi connectivity index (χ0v) is 12.3. The molecule has 3 rings (SSSR count). The van der Waals surface area contributed by atoms with Crippen LogP contribution in [0.15, 0.2) is 54.9 Å². The zero-order valence-electron chi connectivity index (χ0n) is 10.2. The van der Waals surface area contributed by atoms with Gasteiger partial charge in [-0.05, 0) is 38.9 Å². The van der Waals surface area contributed by atoms with Crippen molar-refractivity contribution in [2.24, 2.45) is 0 Å². The fourth-order valence-electron chi connectivity index (χ4n) is 2.02. The first-order chi connectivity index (χ1) is 9.33. The smallest absolute Gasteiger partial charge is 0.222 e. The van der Waals surface area contributed by atoms with E-state index in [-0.39, 0.29) is 0 Å². The lowest BCUT2D eigenvalue weighted by atomic mass is 10.0. The maximum atomic E-state index is 4.24. The van der Waals surface area contributed by atoms with Crippen LogP contribution in [0.1, 0.15) is 5.56 Å². The van der Waals surface area contributed by atoms with Crippen LogP contribution in [0.4, 0.5) is 5.95 Å². The molecular formula is C15H12IN3. The third-order valence-corrected chi connectivity index (χ3v) is 3.49. The quantitative estimate of drug-likeness (QED) is 0.721. The second-order valence-electron chi connectivity index (χ2n) is 4.22. The molecule has 0 atom stereocenters. The molecule has 0 unspecified atom stereocenters. The number of hydrogen-bond acceptors (Lipinski definition) is 3. The Morgan fingerprint density at radius 3 is 2.53 bits per heavy atom. The summed E-state index contributed by atoms with van der Waals surface area (Å²) in [6.45, 7) is 0.724. The molecule has 0 aliphatic carbocycles. The van der Waals surface area contributed by atoms with E-state index in [1.807, 2.05) is 0 Å². The Bertz CT molecular complexity index is 690. The fraction of sp³-hybridized carbons (Fsp3) is 0.0667. The summed E-state index contributed by atoms with van der Waals surface area (Å²) in [7, 11) is 0. The molecule has 0 fully saturated rings. The Morgan fingerprint density at radius 1 is 0.947 bits per heavy atom. The molecule has 0 saturated carbocycles. The molecule has 94 valence electrons. The van der Waals surface area contributed by atoms with Gasteiger partial charge >= 0.3 is 0 Å². The Morgan fingerprint density at radius 2 is 1.68 bits per heavy atom. The molecule has 0 aliphatic heterocycles. The van der Waals surface area contributed by atoms with Crippen molar-refractivity contribution in [3.8, 4) is 0 Å². The van der Waals surface area contributed by atoms with Crippen LogP contribution in [0, 0.1) is 3.57 Å². The van der Waals surface area contributed by atoms with Crippen LogP contribution in [0.5, 0.6) is 0 Å². The molecule has 4 heteroatoms. The van der Waals surface area contributed by atoms with Gasteiger partial charge in [0.05, 0.1) is 0 Å². The monoisotopic (exact) mass is 361 g/mol. The van der Waals surface area contributed by atoms with Crippen molar-refractivity contribution in [1.82, 2.24) is 9.97 Å². The van der Waals surface area contributed by atoms with Crippen LogP contribution in [-0.2, 0) is 6.54 Å². The van der Waals surface area contributed by atoms with Gasteiger partial charge < -0.3 is 5.32 Å². The van der Waals surface area contributed by atoms with Gasteiger partial charge in [0.2, 0.25) is 5.95 Å². The van der Waals surface area contributed by atoms with Crippen molar-refractivity contribution in [3.63, 3.8) is 0 Å².